The van der Waals surface area contributed by atoms with Gasteiger partial charge in [-0.15, -0.1) is 0 Å². The van der Waals surface area contributed by atoms with Crippen molar-refractivity contribution in [2.45, 2.75) is 71.3 Å². The summed E-state index contributed by atoms with van der Waals surface area (Å²) in [5.74, 6) is 0.0843. The molecule has 1 heterocycles. The van der Waals surface area contributed by atoms with Crippen LogP contribution in [-0.4, -0.2) is 17.9 Å². The van der Waals surface area contributed by atoms with Crippen molar-refractivity contribution in [3.63, 3.8) is 0 Å². The van der Waals surface area contributed by atoms with Gasteiger partial charge in [-0.05, 0) is 38.2 Å². The minimum absolute atomic E-state index is 0.0709. The number of hydrogen-bond donors (Lipinski definition) is 0. The molecule has 1 saturated heterocycles. The van der Waals surface area contributed by atoms with Gasteiger partial charge < -0.3 is 9.53 Å². The SMILES string of the molecule is CCCCC/C=C(\CCC(C)=O)C1CCC(=O)O1. The van der Waals surface area contributed by atoms with E-state index in [-0.39, 0.29) is 17.9 Å². The fraction of sp³-hybridized carbons (Fsp3) is 0.733. The van der Waals surface area contributed by atoms with Crippen LogP contribution >= 0.6 is 0 Å². The van der Waals surface area contributed by atoms with Crippen molar-refractivity contribution < 1.29 is 14.3 Å². The van der Waals surface area contributed by atoms with E-state index < -0.39 is 0 Å². The minimum atomic E-state index is -0.109. The monoisotopic (exact) mass is 252 g/mol. The molecule has 1 unspecified atom stereocenters. The molecule has 0 N–H and O–H groups in total. The largest absolute Gasteiger partial charge is 0.458 e. The molecule has 1 rings (SSSR count). The first kappa shape index (κ1) is 14.9. The van der Waals surface area contributed by atoms with Gasteiger partial charge in [0.2, 0.25) is 0 Å². The highest BCUT2D eigenvalue weighted by Crippen LogP contribution is 2.25. The second-order valence-corrected chi connectivity index (χ2v) is 4.99. The molecule has 102 valence electrons. The van der Waals surface area contributed by atoms with E-state index in [1.807, 2.05) is 0 Å². The zero-order valence-corrected chi connectivity index (χ0v) is 11.5. The summed E-state index contributed by atoms with van der Waals surface area (Å²) < 4.78 is 5.29. The summed E-state index contributed by atoms with van der Waals surface area (Å²) in [6.07, 6.45) is 9.30. The Balaban J connectivity index is 2.50. The number of carbonyl (C=O) groups is 2. The van der Waals surface area contributed by atoms with E-state index in [4.69, 9.17) is 4.74 Å². The molecular formula is C15H24O3. The Bertz CT molecular complexity index is 318. The Morgan fingerprint density at radius 3 is 2.72 bits per heavy atom. The van der Waals surface area contributed by atoms with Crippen molar-refractivity contribution in [1.29, 1.82) is 0 Å². The number of Topliss-reactive ketones (excluding diaryl/α,β-unsaturated/α-hetero) is 1. The predicted molar refractivity (Wildman–Crippen MR) is 71.3 cm³/mol. The Morgan fingerprint density at radius 2 is 2.17 bits per heavy atom. The van der Waals surface area contributed by atoms with Gasteiger partial charge in [-0.3, -0.25) is 4.79 Å². The normalized spacial score (nSPS) is 20.0. The smallest absolute Gasteiger partial charge is 0.306 e. The third-order valence-corrected chi connectivity index (χ3v) is 3.28. The topological polar surface area (TPSA) is 43.4 Å². The van der Waals surface area contributed by atoms with E-state index in [1.165, 1.54) is 19.3 Å². The van der Waals surface area contributed by atoms with Gasteiger partial charge in [-0.2, -0.15) is 0 Å². The van der Waals surface area contributed by atoms with Gasteiger partial charge in [0.05, 0.1) is 0 Å². The fourth-order valence-electron chi connectivity index (χ4n) is 2.18. The summed E-state index contributed by atoms with van der Waals surface area (Å²) in [5.41, 5.74) is 1.15. The molecule has 0 radical (unpaired) electrons. The standard InChI is InChI=1S/C15H24O3/c1-3-4-5-6-7-13(9-8-12(2)16)14-10-11-15(17)18-14/h7,14H,3-6,8-11H2,1-2H3/b13-7+. The maximum Gasteiger partial charge on any atom is 0.306 e. The number of cyclic esters (lactones) is 1. The maximum absolute atomic E-state index is 11.2. The molecule has 1 atom stereocenters. The molecule has 1 aliphatic rings. The lowest BCUT2D eigenvalue weighted by atomic mass is 9.98. The fourth-order valence-corrected chi connectivity index (χ4v) is 2.18. The third kappa shape index (κ3) is 5.48. The lowest BCUT2D eigenvalue weighted by Crippen LogP contribution is -2.11. The molecule has 1 fully saturated rings. The highest BCUT2D eigenvalue weighted by atomic mass is 16.5. The van der Waals surface area contributed by atoms with Crippen LogP contribution < -0.4 is 0 Å². The quantitative estimate of drug-likeness (QED) is 0.377. The molecule has 0 aliphatic carbocycles. The second-order valence-electron chi connectivity index (χ2n) is 4.99. The summed E-state index contributed by atoms with van der Waals surface area (Å²) in [6, 6.07) is 0. The average molecular weight is 252 g/mol. The molecule has 0 amide bonds. The molecule has 18 heavy (non-hydrogen) atoms. The minimum Gasteiger partial charge on any atom is -0.458 e. The van der Waals surface area contributed by atoms with Gasteiger partial charge in [-0.25, -0.2) is 0 Å². The Hall–Kier alpha value is -1.12. The number of carbonyl (C=O) groups excluding carboxylic acids is 2. The molecular weight excluding hydrogens is 228 g/mol. The van der Waals surface area contributed by atoms with Crippen molar-refractivity contribution >= 4 is 11.8 Å². The molecule has 0 saturated carbocycles. The van der Waals surface area contributed by atoms with Crippen molar-refractivity contribution in [2.24, 2.45) is 0 Å². The summed E-state index contributed by atoms with van der Waals surface area (Å²) in [5, 5.41) is 0. The first-order valence-corrected chi connectivity index (χ1v) is 7.01. The number of allylic oxidation sites excluding steroid dienone is 1. The lowest BCUT2D eigenvalue weighted by Gasteiger charge is -2.14. The van der Waals surface area contributed by atoms with E-state index in [0.29, 0.717) is 12.8 Å². The van der Waals surface area contributed by atoms with Gasteiger partial charge in [0.25, 0.3) is 0 Å². The first-order chi connectivity index (χ1) is 8.63. The molecule has 0 aromatic carbocycles. The van der Waals surface area contributed by atoms with Gasteiger partial charge in [0, 0.05) is 12.8 Å². The average Bonchev–Trinajstić information content (AvgIpc) is 2.74. The van der Waals surface area contributed by atoms with Crippen molar-refractivity contribution in [1.82, 2.24) is 0 Å². The number of hydrogen-bond acceptors (Lipinski definition) is 3. The van der Waals surface area contributed by atoms with Crippen LogP contribution in [0.5, 0.6) is 0 Å². The number of ether oxygens (including phenoxy) is 1. The zero-order valence-electron chi connectivity index (χ0n) is 11.5. The summed E-state index contributed by atoms with van der Waals surface area (Å²) >= 11 is 0. The van der Waals surface area contributed by atoms with Crippen molar-refractivity contribution in [2.75, 3.05) is 0 Å². The molecule has 0 bridgehead atoms. The first-order valence-electron chi connectivity index (χ1n) is 7.01. The molecule has 1 aliphatic heterocycles. The van der Waals surface area contributed by atoms with Crippen LogP contribution in [0.2, 0.25) is 0 Å². The van der Waals surface area contributed by atoms with Gasteiger partial charge in [0.15, 0.2) is 0 Å². The third-order valence-electron chi connectivity index (χ3n) is 3.28. The summed E-state index contributed by atoms with van der Waals surface area (Å²) in [4.78, 5) is 22.2. The Labute approximate surface area is 110 Å². The predicted octanol–water partition coefficient (Wildman–Crippen LogP) is 3.57. The molecule has 0 spiro atoms. The highest BCUT2D eigenvalue weighted by Gasteiger charge is 2.26. The van der Waals surface area contributed by atoms with Gasteiger partial charge in [0.1, 0.15) is 11.9 Å². The molecule has 0 aromatic rings. The van der Waals surface area contributed by atoms with Crippen LogP contribution in [0.15, 0.2) is 11.6 Å². The highest BCUT2D eigenvalue weighted by molar-refractivity contribution is 5.76. The second kappa shape index (κ2) is 8.06. The Kier molecular flexibility index (Phi) is 6.69. The van der Waals surface area contributed by atoms with Crippen LogP contribution in [0.4, 0.5) is 0 Å². The molecule has 3 nitrogen and oxygen atoms in total. The molecule has 0 aromatic heterocycles. The van der Waals surface area contributed by atoms with E-state index in [0.717, 1.165) is 24.8 Å². The van der Waals surface area contributed by atoms with Crippen molar-refractivity contribution in [3.05, 3.63) is 11.6 Å². The van der Waals surface area contributed by atoms with E-state index in [2.05, 4.69) is 13.0 Å². The molecule has 3 heteroatoms. The number of unbranched alkanes of at least 4 members (excludes halogenated alkanes) is 3. The number of ketones is 1. The van der Waals surface area contributed by atoms with Crippen LogP contribution in [0.1, 0.15) is 65.2 Å². The maximum atomic E-state index is 11.2. The van der Waals surface area contributed by atoms with E-state index in [1.54, 1.807) is 6.92 Å². The van der Waals surface area contributed by atoms with Crippen LogP contribution in [0.25, 0.3) is 0 Å². The summed E-state index contributed by atoms with van der Waals surface area (Å²) in [7, 11) is 0. The Morgan fingerprint density at radius 1 is 1.39 bits per heavy atom. The summed E-state index contributed by atoms with van der Waals surface area (Å²) in [6.45, 7) is 3.79. The lowest BCUT2D eigenvalue weighted by molar-refractivity contribution is -0.140. The zero-order chi connectivity index (χ0) is 13.4. The van der Waals surface area contributed by atoms with Crippen LogP contribution in [0, 0.1) is 0 Å². The number of rotatable bonds is 8. The van der Waals surface area contributed by atoms with Crippen LogP contribution in [-0.2, 0) is 14.3 Å². The van der Waals surface area contributed by atoms with E-state index >= 15 is 0 Å². The van der Waals surface area contributed by atoms with Crippen molar-refractivity contribution in [3.8, 4) is 0 Å². The van der Waals surface area contributed by atoms with E-state index in [9.17, 15) is 9.59 Å². The number of esters is 1. The van der Waals surface area contributed by atoms with Gasteiger partial charge >= 0.3 is 5.97 Å². The van der Waals surface area contributed by atoms with Gasteiger partial charge in [-0.1, -0.05) is 25.8 Å². The van der Waals surface area contributed by atoms with Crippen LogP contribution in [0.3, 0.4) is 0 Å².